The molecule has 6 heteroatoms. The van der Waals surface area contributed by atoms with Gasteiger partial charge in [0, 0.05) is 29.7 Å². The van der Waals surface area contributed by atoms with E-state index in [0.29, 0.717) is 6.54 Å². The second kappa shape index (κ2) is 4.05. The summed E-state index contributed by atoms with van der Waals surface area (Å²) in [5, 5.41) is 12.8. The van der Waals surface area contributed by atoms with Gasteiger partial charge in [0.1, 0.15) is 0 Å². The Balaban J connectivity index is 2.25. The average Bonchev–Trinajstić information content (AvgIpc) is 2.68. The molecule has 2 heterocycles. The van der Waals surface area contributed by atoms with Crippen LogP contribution in [0.15, 0.2) is 24.8 Å². The number of aliphatic hydroxyl groups is 1. The van der Waals surface area contributed by atoms with Crippen molar-refractivity contribution in [3.05, 3.63) is 24.8 Å². The molecule has 2 aromatic rings. The lowest BCUT2D eigenvalue weighted by molar-refractivity contribution is 0.269. The summed E-state index contributed by atoms with van der Waals surface area (Å²) < 4.78 is 1.66. The van der Waals surface area contributed by atoms with Gasteiger partial charge in [0.2, 0.25) is 5.95 Å². The van der Waals surface area contributed by atoms with Gasteiger partial charge in [0.05, 0.1) is 19.3 Å². The van der Waals surface area contributed by atoms with E-state index in [2.05, 4.69) is 15.1 Å². The van der Waals surface area contributed by atoms with Crippen LogP contribution in [0.1, 0.15) is 0 Å². The molecule has 2 aromatic heterocycles. The van der Waals surface area contributed by atoms with Crippen molar-refractivity contribution >= 4 is 5.95 Å². The van der Waals surface area contributed by atoms with Crippen molar-refractivity contribution in [2.24, 2.45) is 0 Å². The van der Waals surface area contributed by atoms with Crippen molar-refractivity contribution in [2.45, 2.75) is 6.54 Å². The quantitative estimate of drug-likeness (QED) is 0.731. The molecule has 0 amide bonds. The molecule has 6 nitrogen and oxygen atoms in total. The predicted octanol–water partition coefficient (Wildman–Crippen LogP) is -0.0854. The highest BCUT2D eigenvalue weighted by Gasteiger charge is 2.02. The van der Waals surface area contributed by atoms with Crippen molar-refractivity contribution in [2.75, 3.05) is 12.3 Å². The molecule has 0 aliphatic carbocycles. The van der Waals surface area contributed by atoms with Gasteiger partial charge in [-0.1, -0.05) is 0 Å². The van der Waals surface area contributed by atoms with Gasteiger partial charge in [0.25, 0.3) is 0 Å². The van der Waals surface area contributed by atoms with Crippen LogP contribution >= 0.6 is 0 Å². The Kier molecular flexibility index (Phi) is 2.59. The zero-order chi connectivity index (χ0) is 10.7. The highest BCUT2D eigenvalue weighted by molar-refractivity contribution is 5.59. The average molecular weight is 205 g/mol. The summed E-state index contributed by atoms with van der Waals surface area (Å²) >= 11 is 0. The van der Waals surface area contributed by atoms with Gasteiger partial charge in [0.15, 0.2) is 0 Å². The third-order valence-corrected chi connectivity index (χ3v) is 1.97. The Morgan fingerprint density at radius 3 is 2.60 bits per heavy atom. The van der Waals surface area contributed by atoms with E-state index in [1.54, 1.807) is 23.3 Å². The first-order valence-electron chi connectivity index (χ1n) is 4.51. The van der Waals surface area contributed by atoms with Crippen LogP contribution in [0.3, 0.4) is 0 Å². The van der Waals surface area contributed by atoms with Crippen molar-refractivity contribution in [3.8, 4) is 11.1 Å². The molecular weight excluding hydrogens is 194 g/mol. The van der Waals surface area contributed by atoms with Gasteiger partial charge in [-0.3, -0.25) is 4.68 Å². The Morgan fingerprint density at radius 2 is 1.93 bits per heavy atom. The molecule has 0 unspecified atom stereocenters. The number of rotatable bonds is 3. The highest BCUT2D eigenvalue weighted by Crippen LogP contribution is 2.16. The number of nitrogens with two attached hydrogens (primary N) is 1. The van der Waals surface area contributed by atoms with Crippen molar-refractivity contribution < 1.29 is 5.11 Å². The van der Waals surface area contributed by atoms with Gasteiger partial charge in [-0.2, -0.15) is 5.10 Å². The Hall–Kier alpha value is -1.95. The smallest absolute Gasteiger partial charge is 0.219 e. The first-order valence-corrected chi connectivity index (χ1v) is 4.51. The van der Waals surface area contributed by atoms with E-state index in [1.165, 1.54) is 0 Å². The molecule has 0 atom stereocenters. The molecule has 78 valence electrons. The minimum absolute atomic E-state index is 0.0688. The number of aliphatic hydroxyl groups excluding tert-OH is 1. The highest BCUT2D eigenvalue weighted by atomic mass is 16.3. The first kappa shape index (κ1) is 9.60. The van der Waals surface area contributed by atoms with Gasteiger partial charge >= 0.3 is 0 Å². The molecule has 0 saturated heterocycles. The molecule has 15 heavy (non-hydrogen) atoms. The lowest BCUT2D eigenvalue weighted by Gasteiger charge is -1.96. The lowest BCUT2D eigenvalue weighted by Crippen LogP contribution is -2.01. The molecule has 3 N–H and O–H groups in total. The summed E-state index contributed by atoms with van der Waals surface area (Å²) in [5.41, 5.74) is 7.14. The van der Waals surface area contributed by atoms with E-state index >= 15 is 0 Å². The van der Waals surface area contributed by atoms with E-state index in [1.807, 2.05) is 6.20 Å². The monoisotopic (exact) mass is 205 g/mol. The lowest BCUT2D eigenvalue weighted by atomic mass is 10.2. The predicted molar refractivity (Wildman–Crippen MR) is 54.8 cm³/mol. The molecule has 0 fully saturated rings. The third kappa shape index (κ3) is 2.10. The van der Waals surface area contributed by atoms with Crippen LogP contribution in [0.25, 0.3) is 11.1 Å². The SMILES string of the molecule is Nc1ncc(-c2cnn(CCO)c2)cn1. The fourth-order valence-electron chi connectivity index (χ4n) is 1.22. The number of nitrogen functional groups attached to an aromatic ring is 1. The van der Waals surface area contributed by atoms with E-state index in [9.17, 15) is 0 Å². The summed E-state index contributed by atoms with van der Waals surface area (Å²) in [6.45, 7) is 0.551. The van der Waals surface area contributed by atoms with Crippen molar-refractivity contribution in [1.29, 1.82) is 0 Å². The summed E-state index contributed by atoms with van der Waals surface area (Å²) in [6, 6.07) is 0. The molecule has 0 aliphatic rings. The topological polar surface area (TPSA) is 89.8 Å². The Bertz CT molecular complexity index is 436. The molecule has 0 saturated carbocycles. The third-order valence-electron chi connectivity index (χ3n) is 1.97. The molecule has 2 rings (SSSR count). The maximum absolute atomic E-state index is 8.73. The maximum Gasteiger partial charge on any atom is 0.219 e. The van der Waals surface area contributed by atoms with E-state index < -0.39 is 0 Å². The molecule has 0 bridgehead atoms. The molecule has 0 aliphatic heterocycles. The first-order chi connectivity index (χ1) is 7.29. The zero-order valence-corrected chi connectivity index (χ0v) is 8.04. The van der Waals surface area contributed by atoms with Crippen LogP contribution in [0.2, 0.25) is 0 Å². The minimum atomic E-state index is 0.0688. The fourth-order valence-corrected chi connectivity index (χ4v) is 1.22. The normalized spacial score (nSPS) is 10.5. The molecule has 0 spiro atoms. The summed E-state index contributed by atoms with van der Waals surface area (Å²) in [7, 11) is 0. The summed E-state index contributed by atoms with van der Waals surface area (Å²) in [5.74, 6) is 0.251. The van der Waals surface area contributed by atoms with Crippen molar-refractivity contribution in [1.82, 2.24) is 19.7 Å². The van der Waals surface area contributed by atoms with Crippen LogP contribution < -0.4 is 5.73 Å². The van der Waals surface area contributed by atoms with Crippen molar-refractivity contribution in [3.63, 3.8) is 0 Å². The van der Waals surface area contributed by atoms with E-state index in [-0.39, 0.29) is 12.6 Å². The van der Waals surface area contributed by atoms with Crippen LogP contribution in [0, 0.1) is 0 Å². The van der Waals surface area contributed by atoms with Gasteiger partial charge in [-0.25, -0.2) is 9.97 Å². The van der Waals surface area contributed by atoms with Gasteiger partial charge < -0.3 is 10.8 Å². The summed E-state index contributed by atoms with van der Waals surface area (Å²) in [6.07, 6.45) is 6.81. The molecular formula is C9H11N5O. The zero-order valence-electron chi connectivity index (χ0n) is 8.04. The van der Waals surface area contributed by atoms with E-state index in [4.69, 9.17) is 10.8 Å². The number of hydrogen-bond acceptors (Lipinski definition) is 5. The molecule has 0 aromatic carbocycles. The van der Waals surface area contributed by atoms with Crippen LogP contribution in [0.4, 0.5) is 5.95 Å². The summed E-state index contributed by atoms with van der Waals surface area (Å²) in [4.78, 5) is 7.78. The Morgan fingerprint density at radius 1 is 1.20 bits per heavy atom. The Labute approximate surface area is 86.4 Å². The van der Waals surface area contributed by atoms with E-state index in [0.717, 1.165) is 11.1 Å². The number of anilines is 1. The maximum atomic E-state index is 8.73. The number of aromatic nitrogens is 4. The van der Waals surface area contributed by atoms with Crippen LogP contribution in [-0.2, 0) is 6.54 Å². The standard InChI is InChI=1S/C9H11N5O/c10-9-11-3-7(4-12-9)8-5-13-14(6-8)1-2-15/h3-6,15H,1-2H2,(H2,10,11,12). The largest absolute Gasteiger partial charge is 0.394 e. The van der Waals surface area contributed by atoms with Crippen LogP contribution in [-0.4, -0.2) is 31.5 Å². The minimum Gasteiger partial charge on any atom is -0.394 e. The number of hydrogen-bond donors (Lipinski definition) is 2. The van der Waals surface area contributed by atoms with Gasteiger partial charge in [-0.05, 0) is 0 Å². The second-order valence-corrected chi connectivity index (χ2v) is 3.05. The second-order valence-electron chi connectivity index (χ2n) is 3.05. The number of nitrogens with zero attached hydrogens (tertiary/aromatic N) is 4. The molecule has 0 radical (unpaired) electrons. The fraction of sp³-hybridized carbons (Fsp3) is 0.222. The van der Waals surface area contributed by atoms with Crippen LogP contribution in [0.5, 0.6) is 0 Å². The van der Waals surface area contributed by atoms with Gasteiger partial charge in [-0.15, -0.1) is 0 Å².